The Morgan fingerprint density at radius 1 is 1.08 bits per heavy atom. The van der Waals surface area contributed by atoms with Gasteiger partial charge in [0.1, 0.15) is 23.0 Å². The highest BCUT2D eigenvalue weighted by molar-refractivity contribution is 5.79. The first-order valence-corrected chi connectivity index (χ1v) is 7.76. The Hall–Kier alpha value is -3.92. The summed E-state index contributed by atoms with van der Waals surface area (Å²) in [6.45, 7) is 0. The lowest BCUT2D eigenvalue weighted by Gasteiger charge is -2.12. The molecule has 0 bridgehead atoms. The van der Waals surface area contributed by atoms with Crippen LogP contribution in [0, 0.1) is 11.3 Å². The number of benzene rings is 1. The highest BCUT2D eigenvalue weighted by Crippen LogP contribution is 2.19. The van der Waals surface area contributed by atoms with E-state index in [9.17, 15) is 14.9 Å². The summed E-state index contributed by atoms with van der Waals surface area (Å²) in [4.78, 5) is 30.1. The summed E-state index contributed by atoms with van der Waals surface area (Å²) in [5, 5.41) is 9.52. The highest BCUT2D eigenvalue weighted by Gasteiger charge is 2.16. The third kappa shape index (κ3) is 2.24. The maximum atomic E-state index is 12.8. The van der Waals surface area contributed by atoms with E-state index in [0.29, 0.717) is 17.1 Å². The Kier molecular flexibility index (Phi) is 3.52. The number of methoxy groups -OCH3 is 1. The van der Waals surface area contributed by atoms with E-state index in [1.807, 2.05) is 6.07 Å². The van der Waals surface area contributed by atoms with Crippen LogP contribution in [0.25, 0.3) is 22.4 Å². The Morgan fingerprint density at radius 3 is 2.69 bits per heavy atom. The van der Waals surface area contributed by atoms with Gasteiger partial charge >= 0.3 is 0 Å². The van der Waals surface area contributed by atoms with Crippen LogP contribution >= 0.6 is 0 Å². The number of hydrogen-bond acceptors (Lipinski definition) is 5. The van der Waals surface area contributed by atoms with Crippen LogP contribution in [0.3, 0.4) is 0 Å². The molecule has 0 aliphatic rings. The molecule has 4 aromatic rings. The second-order valence-electron chi connectivity index (χ2n) is 5.59. The van der Waals surface area contributed by atoms with Crippen molar-refractivity contribution in [1.82, 2.24) is 14.0 Å². The molecule has 4 rings (SSSR count). The van der Waals surface area contributed by atoms with Crippen molar-refractivity contribution >= 4 is 16.7 Å². The molecule has 0 spiro atoms. The normalized spacial score (nSPS) is 10.8. The van der Waals surface area contributed by atoms with Crippen LogP contribution in [0.15, 0.2) is 64.3 Å². The van der Waals surface area contributed by atoms with Gasteiger partial charge in [0.05, 0.1) is 18.2 Å². The molecule has 0 N–H and O–H groups in total. The van der Waals surface area contributed by atoms with Crippen molar-refractivity contribution in [3.8, 4) is 17.5 Å². The SMILES string of the molecule is COc1cccc(-n2c(=O)c(C#N)cc3c(=O)n4ccccc4nc32)c1. The fourth-order valence-corrected chi connectivity index (χ4v) is 2.88. The van der Waals surface area contributed by atoms with Crippen LogP contribution < -0.4 is 15.9 Å². The standard InChI is InChI=1S/C19H12N4O3/c1-26-14-6-4-5-13(10-14)23-17-15(9-12(11-20)18(23)24)19(25)22-8-3-2-7-16(22)21-17/h2-10H,1H3. The van der Waals surface area contributed by atoms with Gasteiger partial charge in [-0.3, -0.25) is 18.6 Å². The quantitative estimate of drug-likeness (QED) is 0.518. The summed E-state index contributed by atoms with van der Waals surface area (Å²) in [5.41, 5.74) is 0.0436. The summed E-state index contributed by atoms with van der Waals surface area (Å²) >= 11 is 0. The molecule has 3 aromatic heterocycles. The van der Waals surface area contributed by atoms with Crippen molar-refractivity contribution in [3.63, 3.8) is 0 Å². The van der Waals surface area contributed by atoms with Gasteiger partial charge in [0.15, 0.2) is 5.65 Å². The lowest BCUT2D eigenvalue weighted by molar-refractivity contribution is 0.414. The second kappa shape index (κ2) is 5.86. The molecule has 126 valence electrons. The van der Waals surface area contributed by atoms with Crippen molar-refractivity contribution in [3.05, 3.63) is 81.0 Å². The molecular formula is C19H12N4O3. The molecule has 0 atom stereocenters. The van der Waals surface area contributed by atoms with Crippen LogP contribution in [-0.4, -0.2) is 21.1 Å². The monoisotopic (exact) mass is 344 g/mol. The van der Waals surface area contributed by atoms with Gasteiger partial charge in [-0.1, -0.05) is 12.1 Å². The largest absolute Gasteiger partial charge is 0.497 e. The average molecular weight is 344 g/mol. The van der Waals surface area contributed by atoms with Crippen LogP contribution in [-0.2, 0) is 0 Å². The number of rotatable bonds is 2. The predicted octanol–water partition coefficient (Wildman–Crippen LogP) is 1.88. The van der Waals surface area contributed by atoms with Gasteiger partial charge < -0.3 is 4.74 Å². The molecule has 0 saturated carbocycles. The predicted molar refractivity (Wildman–Crippen MR) is 95.8 cm³/mol. The lowest BCUT2D eigenvalue weighted by Crippen LogP contribution is -2.26. The van der Waals surface area contributed by atoms with Crippen molar-refractivity contribution in [2.24, 2.45) is 0 Å². The first-order chi connectivity index (χ1) is 12.6. The molecule has 0 saturated heterocycles. The number of hydrogen-bond donors (Lipinski definition) is 0. The molecule has 7 heteroatoms. The number of pyridine rings is 2. The minimum Gasteiger partial charge on any atom is -0.497 e. The maximum Gasteiger partial charge on any atom is 0.274 e. The summed E-state index contributed by atoms with van der Waals surface area (Å²) in [7, 11) is 1.52. The molecule has 0 radical (unpaired) electrons. The van der Waals surface area contributed by atoms with E-state index in [-0.39, 0.29) is 22.2 Å². The summed E-state index contributed by atoms with van der Waals surface area (Å²) in [5.74, 6) is 0.544. The highest BCUT2D eigenvalue weighted by atomic mass is 16.5. The number of aromatic nitrogens is 3. The molecule has 26 heavy (non-hydrogen) atoms. The number of fused-ring (bicyclic) bond motifs is 2. The smallest absolute Gasteiger partial charge is 0.274 e. The van der Waals surface area contributed by atoms with E-state index in [2.05, 4.69) is 4.98 Å². The molecule has 0 unspecified atom stereocenters. The number of nitrogens with zero attached hydrogens (tertiary/aromatic N) is 4. The summed E-state index contributed by atoms with van der Waals surface area (Å²) < 4.78 is 7.86. The van der Waals surface area contributed by atoms with E-state index < -0.39 is 5.56 Å². The van der Waals surface area contributed by atoms with Crippen LogP contribution in [0.4, 0.5) is 0 Å². The minimum atomic E-state index is -0.541. The molecule has 7 nitrogen and oxygen atoms in total. The fourth-order valence-electron chi connectivity index (χ4n) is 2.88. The van der Waals surface area contributed by atoms with Gasteiger partial charge in [-0.25, -0.2) is 4.98 Å². The van der Waals surface area contributed by atoms with Gasteiger partial charge in [-0.2, -0.15) is 5.26 Å². The molecule has 3 heterocycles. The Balaban J connectivity index is 2.24. The molecule has 0 aliphatic carbocycles. The lowest BCUT2D eigenvalue weighted by atomic mass is 10.2. The maximum absolute atomic E-state index is 12.8. The van der Waals surface area contributed by atoms with Crippen molar-refractivity contribution in [2.45, 2.75) is 0 Å². The minimum absolute atomic E-state index is 0.130. The van der Waals surface area contributed by atoms with Crippen molar-refractivity contribution in [1.29, 1.82) is 5.26 Å². The summed E-state index contributed by atoms with van der Waals surface area (Å²) in [6, 6.07) is 15.1. The molecule has 1 aromatic carbocycles. The summed E-state index contributed by atoms with van der Waals surface area (Å²) in [6.07, 6.45) is 1.59. The van der Waals surface area contributed by atoms with Crippen molar-refractivity contribution in [2.75, 3.05) is 7.11 Å². The van der Waals surface area contributed by atoms with Crippen LogP contribution in [0.2, 0.25) is 0 Å². The zero-order valence-corrected chi connectivity index (χ0v) is 13.7. The Bertz CT molecular complexity index is 1330. The Labute approximate surface area is 147 Å². The first-order valence-electron chi connectivity index (χ1n) is 7.76. The zero-order chi connectivity index (χ0) is 18.3. The van der Waals surface area contributed by atoms with E-state index >= 15 is 0 Å². The van der Waals surface area contributed by atoms with Crippen LogP contribution in [0.5, 0.6) is 5.75 Å². The third-order valence-corrected chi connectivity index (χ3v) is 4.11. The van der Waals surface area contributed by atoms with Gasteiger partial charge in [-0.15, -0.1) is 0 Å². The molecule has 0 fully saturated rings. The zero-order valence-electron chi connectivity index (χ0n) is 13.7. The third-order valence-electron chi connectivity index (χ3n) is 4.11. The van der Waals surface area contributed by atoms with Gasteiger partial charge in [0.2, 0.25) is 0 Å². The van der Waals surface area contributed by atoms with Crippen molar-refractivity contribution < 1.29 is 4.74 Å². The Morgan fingerprint density at radius 2 is 1.92 bits per heavy atom. The topological polar surface area (TPSA) is 89.4 Å². The number of nitriles is 1. The van der Waals surface area contributed by atoms with Gasteiger partial charge in [0.25, 0.3) is 11.1 Å². The van der Waals surface area contributed by atoms with E-state index in [1.54, 1.807) is 48.7 Å². The molecule has 0 amide bonds. The van der Waals surface area contributed by atoms with E-state index in [4.69, 9.17) is 4.74 Å². The number of ether oxygens (including phenoxy) is 1. The molecular weight excluding hydrogens is 332 g/mol. The molecule has 0 aliphatic heterocycles. The average Bonchev–Trinajstić information content (AvgIpc) is 2.68. The van der Waals surface area contributed by atoms with Gasteiger partial charge in [0, 0.05) is 12.3 Å². The van der Waals surface area contributed by atoms with E-state index in [1.165, 1.54) is 22.1 Å². The van der Waals surface area contributed by atoms with Gasteiger partial charge in [-0.05, 0) is 30.3 Å². The van der Waals surface area contributed by atoms with Crippen LogP contribution in [0.1, 0.15) is 5.56 Å². The second-order valence-corrected chi connectivity index (χ2v) is 5.59. The fraction of sp³-hybridized carbons (Fsp3) is 0.0526. The van der Waals surface area contributed by atoms with E-state index in [0.717, 1.165) is 0 Å². The first kappa shape index (κ1) is 15.6.